The fourth-order valence-electron chi connectivity index (χ4n) is 1.67. The molecule has 0 atom stereocenters. The number of fused-ring (bicyclic) bond motifs is 1. The van der Waals surface area contributed by atoms with E-state index in [-0.39, 0.29) is 0 Å². The van der Waals surface area contributed by atoms with Crippen LogP contribution in [0.4, 0.5) is 5.69 Å². The van der Waals surface area contributed by atoms with Crippen molar-refractivity contribution in [3.8, 4) is 5.75 Å². The first-order chi connectivity index (χ1) is 7.76. The Hall–Kier alpha value is -2.10. The minimum Gasteiger partial charge on any atom is -0.494 e. The summed E-state index contributed by atoms with van der Waals surface area (Å²) in [6.45, 7) is 0. The number of methoxy groups -OCH3 is 1. The summed E-state index contributed by atoms with van der Waals surface area (Å²) in [7, 11) is 3.17. The van der Waals surface area contributed by atoms with Crippen LogP contribution in [0.15, 0.2) is 41.7 Å². The van der Waals surface area contributed by atoms with Crippen molar-refractivity contribution in [2.45, 2.75) is 0 Å². The van der Waals surface area contributed by atoms with Gasteiger partial charge in [0, 0.05) is 7.05 Å². The number of anilines is 1. The zero-order chi connectivity index (χ0) is 11.5. The summed E-state index contributed by atoms with van der Waals surface area (Å²) in [5, 5.41) is 6.25. The molecule has 0 N–H and O–H groups in total. The fourth-order valence-corrected chi connectivity index (χ4v) is 1.67. The van der Waals surface area contributed by atoms with E-state index in [1.165, 1.54) is 5.01 Å². The molecule has 4 heteroatoms. The molecule has 82 valence electrons. The summed E-state index contributed by atoms with van der Waals surface area (Å²) < 4.78 is 5.24. The molecule has 0 aliphatic heterocycles. The van der Waals surface area contributed by atoms with Crippen molar-refractivity contribution >= 4 is 16.5 Å². The smallest absolute Gasteiger partial charge is 0.144 e. The maximum atomic E-state index is 10.5. The summed E-state index contributed by atoms with van der Waals surface area (Å²) >= 11 is 0. The van der Waals surface area contributed by atoms with Gasteiger partial charge in [-0.05, 0) is 22.9 Å². The molecule has 2 rings (SSSR count). The largest absolute Gasteiger partial charge is 0.494 e. The number of hydrogen-bond donors (Lipinski definition) is 0. The van der Waals surface area contributed by atoms with Gasteiger partial charge in [-0.2, -0.15) is 0 Å². The standard InChI is InChI=1S/C12H12N2O2/c1-14(13-15)11-7-9-5-3-4-6-10(9)8-12(11)16-2/h3-8H,1-2H3. The maximum absolute atomic E-state index is 10.5. The Kier molecular flexibility index (Phi) is 2.72. The Labute approximate surface area is 93.4 Å². The number of benzene rings is 2. The van der Waals surface area contributed by atoms with Crippen molar-refractivity contribution in [2.75, 3.05) is 19.2 Å². The third kappa shape index (κ3) is 1.69. The predicted octanol–water partition coefficient (Wildman–Crippen LogP) is 2.97. The molecule has 0 saturated carbocycles. The Morgan fingerprint density at radius 1 is 1.19 bits per heavy atom. The van der Waals surface area contributed by atoms with Crippen LogP contribution < -0.4 is 9.75 Å². The summed E-state index contributed by atoms with van der Waals surface area (Å²) in [5.74, 6) is 0.640. The molecule has 4 nitrogen and oxygen atoms in total. The highest BCUT2D eigenvalue weighted by Crippen LogP contribution is 2.32. The molecule has 0 spiro atoms. The van der Waals surface area contributed by atoms with Crippen molar-refractivity contribution in [2.24, 2.45) is 5.29 Å². The average molecular weight is 216 g/mol. The van der Waals surface area contributed by atoms with Gasteiger partial charge in [-0.3, -0.25) is 0 Å². The van der Waals surface area contributed by atoms with Crippen LogP contribution in [0.2, 0.25) is 0 Å². The summed E-state index contributed by atoms with van der Waals surface area (Å²) in [5.41, 5.74) is 0.663. The van der Waals surface area contributed by atoms with Crippen molar-refractivity contribution in [1.82, 2.24) is 0 Å². The van der Waals surface area contributed by atoms with Crippen LogP contribution >= 0.6 is 0 Å². The molecule has 0 fully saturated rings. The van der Waals surface area contributed by atoms with Crippen LogP contribution in [0, 0.1) is 4.91 Å². The number of rotatable bonds is 3. The first kappa shape index (κ1) is 10.4. The second-order valence-corrected chi connectivity index (χ2v) is 3.48. The Balaban J connectivity index is 2.67. The molecular formula is C12H12N2O2. The van der Waals surface area contributed by atoms with Crippen LogP contribution in [0.3, 0.4) is 0 Å². The van der Waals surface area contributed by atoms with Crippen LogP contribution in [-0.2, 0) is 0 Å². The van der Waals surface area contributed by atoms with Crippen LogP contribution in [-0.4, -0.2) is 14.2 Å². The molecule has 2 aromatic rings. The normalized spacial score (nSPS) is 10.1. The third-order valence-electron chi connectivity index (χ3n) is 2.52. The molecule has 0 aliphatic rings. The van der Waals surface area contributed by atoms with Crippen molar-refractivity contribution in [1.29, 1.82) is 0 Å². The van der Waals surface area contributed by atoms with E-state index in [1.54, 1.807) is 14.2 Å². The highest BCUT2D eigenvalue weighted by atomic mass is 16.5. The van der Waals surface area contributed by atoms with Crippen molar-refractivity contribution in [3.63, 3.8) is 0 Å². The number of nitroso groups, excluding NO2 is 1. The quantitative estimate of drug-likeness (QED) is 0.585. The molecule has 0 bridgehead atoms. The van der Waals surface area contributed by atoms with E-state index in [0.29, 0.717) is 11.4 Å². The predicted molar refractivity (Wildman–Crippen MR) is 64.7 cm³/mol. The highest BCUT2D eigenvalue weighted by Gasteiger charge is 2.09. The average Bonchev–Trinajstić information content (AvgIpc) is 2.36. The van der Waals surface area contributed by atoms with Gasteiger partial charge in [0.15, 0.2) is 0 Å². The molecule has 2 aromatic carbocycles. The van der Waals surface area contributed by atoms with Crippen molar-refractivity contribution in [3.05, 3.63) is 41.3 Å². The summed E-state index contributed by atoms with van der Waals surface area (Å²) in [4.78, 5) is 10.5. The lowest BCUT2D eigenvalue weighted by molar-refractivity contribution is 0.415. The first-order valence-electron chi connectivity index (χ1n) is 4.90. The lowest BCUT2D eigenvalue weighted by Gasteiger charge is -2.14. The second-order valence-electron chi connectivity index (χ2n) is 3.48. The van der Waals surface area contributed by atoms with Gasteiger partial charge in [0.2, 0.25) is 0 Å². The number of hydrogen-bond acceptors (Lipinski definition) is 3. The minimum absolute atomic E-state index is 0.640. The van der Waals surface area contributed by atoms with Gasteiger partial charge >= 0.3 is 0 Å². The third-order valence-corrected chi connectivity index (χ3v) is 2.52. The highest BCUT2D eigenvalue weighted by molar-refractivity contribution is 5.88. The van der Waals surface area contributed by atoms with E-state index >= 15 is 0 Å². The zero-order valence-electron chi connectivity index (χ0n) is 9.18. The monoisotopic (exact) mass is 216 g/mol. The molecular weight excluding hydrogens is 204 g/mol. The van der Waals surface area contributed by atoms with Crippen molar-refractivity contribution < 1.29 is 4.74 Å². The van der Waals surface area contributed by atoms with Gasteiger partial charge in [0.25, 0.3) is 0 Å². The zero-order valence-corrected chi connectivity index (χ0v) is 9.18. The lowest BCUT2D eigenvalue weighted by Crippen LogP contribution is -2.08. The van der Waals surface area contributed by atoms with Gasteiger partial charge in [-0.1, -0.05) is 24.3 Å². The van der Waals surface area contributed by atoms with E-state index in [2.05, 4.69) is 5.29 Å². The van der Waals surface area contributed by atoms with E-state index in [4.69, 9.17) is 4.74 Å². The minimum atomic E-state index is 0.640. The lowest BCUT2D eigenvalue weighted by atomic mass is 10.1. The number of ether oxygens (including phenoxy) is 1. The number of nitrogens with zero attached hydrogens (tertiary/aromatic N) is 2. The van der Waals surface area contributed by atoms with Gasteiger partial charge in [-0.25, -0.2) is 5.01 Å². The molecule has 0 aromatic heterocycles. The molecule has 0 unspecified atom stereocenters. The van der Waals surface area contributed by atoms with Crippen LogP contribution in [0.5, 0.6) is 5.75 Å². The summed E-state index contributed by atoms with van der Waals surface area (Å²) in [6.07, 6.45) is 0. The molecule has 16 heavy (non-hydrogen) atoms. The SMILES string of the molecule is COc1cc2ccccc2cc1N(C)N=O. The maximum Gasteiger partial charge on any atom is 0.144 e. The van der Waals surface area contributed by atoms with Gasteiger partial charge < -0.3 is 4.74 Å². The fraction of sp³-hybridized carbons (Fsp3) is 0.167. The van der Waals surface area contributed by atoms with E-state index < -0.39 is 0 Å². The molecule has 0 saturated heterocycles. The van der Waals surface area contributed by atoms with Gasteiger partial charge in [0.05, 0.1) is 12.4 Å². The van der Waals surface area contributed by atoms with E-state index in [1.807, 2.05) is 36.4 Å². The van der Waals surface area contributed by atoms with Crippen LogP contribution in [0.1, 0.15) is 0 Å². The summed E-state index contributed by atoms with van der Waals surface area (Å²) in [6, 6.07) is 11.7. The topological polar surface area (TPSA) is 41.9 Å². The van der Waals surface area contributed by atoms with Gasteiger partial charge in [0.1, 0.15) is 11.4 Å². The van der Waals surface area contributed by atoms with Crippen LogP contribution in [0.25, 0.3) is 10.8 Å². The van der Waals surface area contributed by atoms with Gasteiger partial charge in [-0.15, -0.1) is 4.91 Å². The molecule has 0 aliphatic carbocycles. The molecule has 0 amide bonds. The Bertz CT molecular complexity index is 525. The Morgan fingerprint density at radius 3 is 2.38 bits per heavy atom. The van der Waals surface area contributed by atoms with E-state index in [0.717, 1.165) is 10.8 Å². The Morgan fingerprint density at radius 2 is 1.81 bits per heavy atom. The molecule has 0 heterocycles. The second kappa shape index (κ2) is 4.18. The van der Waals surface area contributed by atoms with E-state index in [9.17, 15) is 4.91 Å². The molecule has 0 radical (unpaired) electrons. The first-order valence-corrected chi connectivity index (χ1v) is 4.90.